The largest absolute Gasteiger partial charge is 0.445 e. The highest BCUT2D eigenvalue weighted by atomic mass is 35.5. The van der Waals surface area contributed by atoms with Crippen molar-refractivity contribution in [3.63, 3.8) is 0 Å². The molecule has 1 atom stereocenters. The molecule has 0 spiro atoms. The SMILES string of the molecule is CC(NC(=O)OCc1ccccc1)(C(=O)CCl)c1ccccc1. The molecule has 0 fully saturated rings. The van der Waals surface area contributed by atoms with Gasteiger partial charge in [0.1, 0.15) is 12.1 Å². The van der Waals surface area contributed by atoms with E-state index >= 15 is 0 Å². The molecule has 0 heterocycles. The maximum absolute atomic E-state index is 12.2. The van der Waals surface area contributed by atoms with Crippen LogP contribution in [0, 0.1) is 0 Å². The average Bonchev–Trinajstić information content (AvgIpc) is 2.60. The van der Waals surface area contributed by atoms with Gasteiger partial charge in [-0.1, -0.05) is 60.7 Å². The molecule has 0 radical (unpaired) electrons. The molecule has 0 aromatic heterocycles. The zero-order chi connectivity index (χ0) is 16.7. The van der Waals surface area contributed by atoms with Crippen LogP contribution in [0.2, 0.25) is 0 Å². The maximum Gasteiger partial charge on any atom is 0.408 e. The highest BCUT2D eigenvalue weighted by molar-refractivity contribution is 6.29. The first kappa shape index (κ1) is 17.0. The molecule has 0 aliphatic heterocycles. The number of carbonyl (C=O) groups is 2. The van der Waals surface area contributed by atoms with Crippen molar-refractivity contribution in [3.05, 3.63) is 71.8 Å². The lowest BCUT2D eigenvalue weighted by molar-refractivity contribution is -0.122. The number of amides is 1. The molecular formula is C18H18ClNO3. The van der Waals surface area contributed by atoms with Crippen LogP contribution in [-0.4, -0.2) is 17.8 Å². The van der Waals surface area contributed by atoms with E-state index in [0.717, 1.165) is 5.56 Å². The molecule has 2 rings (SSSR count). The summed E-state index contributed by atoms with van der Waals surface area (Å²) in [5, 5.41) is 2.64. The molecular weight excluding hydrogens is 314 g/mol. The van der Waals surface area contributed by atoms with Crippen LogP contribution >= 0.6 is 11.6 Å². The minimum absolute atomic E-state index is 0.132. The number of alkyl halides is 1. The van der Waals surface area contributed by atoms with E-state index in [9.17, 15) is 9.59 Å². The fraction of sp³-hybridized carbons (Fsp3) is 0.222. The molecule has 2 aromatic carbocycles. The van der Waals surface area contributed by atoms with Crippen LogP contribution in [-0.2, 0) is 21.7 Å². The summed E-state index contributed by atoms with van der Waals surface area (Å²) in [6.07, 6.45) is -0.668. The van der Waals surface area contributed by atoms with Crippen molar-refractivity contribution in [2.24, 2.45) is 0 Å². The molecule has 4 nitrogen and oxygen atoms in total. The second kappa shape index (κ2) is 7.79. The number of hydrogen-bond donors (Lipinski definition) is 1. The third-order valence-electron chi connectivity index (χ3n) is 3.60. The van der Waals surface area contributed by atoms with E-state index in [1.165, 1.54) is 0 Å². The van der Waals surface area contributed by atoms with Gasteiger partial charge in [0, 0.05) is 0 Å². The molecule has 0 saturated carbocycles. The summed E-state index contributed by atoms with van der Waals surface area (Å²) in [7, 11) is 0. The molecule has 1 N–H and O–H groups in total. The zero-order valence-electron chi connectivity index (χ0n) is 12.8. The van der Waals surface area contributed by atoms with Crippen LogP contribution < -0.4 is 5.32 Å². The Balaban J connectivity index is 2.09. The monoisotopic (exact) mass is 331 g/mol. The van der Waals surface area contributed by atoms with E-state index in [4.69, 9.17) is 16.3 Å². The van der Waals surface area contributed by atoms with Gasteiger partial charge in [-0.25, -0.2) is 4.79 Å². The predicted octanol–water partition coefficient (Wildman–Crippen LogP) is 3.64. The van der Waals surface area contributed by atoms with Crippen molar-refractivity contribution in [3.8, 4) is 0 Å². The summed E-state index contributed by atoms with van der Waals surface area (Å²) in [5.41, 5.74) is 0.298. The summed E-state index contributed by atoms with van der Waals surface area (Å²) >= 11 is 5.70. The lowest BCUT2D eigenvalue weighted by Gasteiger charge is -2.28. The summed E-state index contributed by atoms with van der Waals surface area (Å²) < 4.78 is 5.19. The number of ketones is 1. The van der Waals surface area contributed by atoms with Gasteiger partial charge in [0.15, 0.2) is 5.78 Å². The lowest BCUT2D eigenvalue weighted by atomic mass is 9.88. The topological polar surface area (TPSA) is 55.4 Å². The number of Topliss-reactive ketones (excluding diaryl/α,β-unsaturated/α-hetero) is 1. The van der Waals surface area contributed by atoms with Gasteiger partial charge < -0.3 is 10.1 Å². The summed E-state index contributed by atoms with van der Waals surface area (Å²) in [6.45, 7) is 1.75. The highest BCUT2D eigenvalue weighted by Crippen LogP contribution is 2.22. The average molecular weight is 332 g/mol. The number of nitrogens with one attached hydrogen (secondary N) is 1. The van der Waals surface area contributed by atoms with Crippen molar-refractivity contribution in [1.29, 1.82) is 0 Å². The van der Waals surface area contributed by atoms with Crippen molar-refractivity contribution in [1.82, 2.24) is 5.32 Å². The quantitative estimate of drug-likeness (QED) is 0.822. The minimum Gasteiger partial charge on any atom is -0.445 e. The number of benzene rings is 2. The van der Waals surface area contributed by atoms with Crippen molar-refractivity contribution < 1.29 is 14.3 Å². The van der Waals surface area contributed by atoms with E-state index in [1.54, 1.807) is 31.2 Å². The number of alkyl carbamates (subject to hydrolysis) is 1. The summed E-state index contributed by atoms with van der Waals surface area (Å²) in [4.78, 5) is 24.3. The van der Waals surface area contributed by atoms with Gasteiger partial charge in [0.25, 0.3) is 0 Å². The van der Waals surface area contributed by atoms with E-state index < -0.39 is 11.6 Å². The Morgan fingerprint density at radius 3 is 2.17 bits per heavy atom. The first-order valence-electron chi connectivity index (χ1n) is 7.20. The number of halogens is 1. The van der Waals surface area contributed by atoms with Gasteiger partial charge in [-0.05, 0) is 18.1 Å². The minimum atomic E-state index is -1.23. The molecule has 0 aliphatic rings. The van der Waals surface area contributed by atoms with E-state index in [0.29, 0.717) is 5.56 Å². The molecule has 0 bridgehead atoms. The summed E-state index contributed by atoms with van der Waals surface area (Å²) in [6, 6.07) is 18.3. The first-order valence-corrected chi connectivity index (χ1v) is 7.73. The van der Waals surface area contributed by atoms with Gasteiger partial charge in [-0.15, -0.1) is 11.6 Å². The number of ether oxygens (including phenoxy) is 1. The second-order valence-electron chi connectivity index (χ2n) is 5.23. The Labute approximate surface area is 140 Å². The van der Waals surface area contributed by atoms with E-state index in [2.05, 4.69) is 5.32 Å². The van der Waals surface area contributed by atoms with Crippen LogP contribution in [0.4, 0.5) is 4.79 Å². The van der Waals surface area contributed by atoms with Crippen LogP contribution in [0.15, 0.2) is 60.7 Å². The van der Waals surface area contributed by atoms with Gasteiger partial charge >= 0.3 is 6.09 Å². The smallest absolute Gasteiger partial charge is 0.408 e. The molecule has 1 amide bonds. The number of rotatable bonds is 6. The molecule has 1 unspecified atom stereocenters. The Morgan fingerprint density at radius 2 is 1.61 bits per heavy atom. The predicted molar refractivity (Wildman–Crippen MR) is 89.3 cm³/mol. The number of hydrogen-bond acceptors (Lipinski definition) is 3. The summed E-state index contributed by atoms with van der Waals surface area (Å²) in [5.74, 6) is -0.508. The second-order valence-corrected chi connectivity index (χ2v) is 5.50. The number of carbonyl (C=O) groups excluding carboxylic acids is 2. The van der Waals surface area contributed by atoms with Crippen LogP contribution in [0.1, 0.15) is 18.1 Å². The van der Waals surface area contributed by atoms with Crippen LogP contribution in [0.25, 0.3) is 0 Å². The molecule has 5 heteroatoms. The van der Waals surface area contributed by atoms with Crippen molar-refractivity contribution in [2.75, 3.05) is 5.88 Å². The van der Waals surface area contributed by atoms with Crippen LogP contribution in [0.3, 0.4) is 0 Å². The van der Waals surface area contributed by atoms with Crippen molar-refractivity contribution >= 4 is 23.5 Å². The Kier molecular flexibility index (Phi) is 5.77. The van der Waals surface area contributed by atoms with Crippen molar-refractivity contribution in [2.45, 2.75) is 19.1 Å². The zero-order valence-corrected chi connectivity index (χ0v) is 13.5. The van der Waals surface area contributed by atoms with E-state index in [1.807, 2.05) is 36.4 Å². The van der Waals surface area contributed by atoms with Crippen LogP contribution in [0.5, 0.6) is 0 Å². The van der Waals surface area contributed by atoms with Gasteiger partial charge in [-0.2, -0.15) is 0 Å². The Morgan fingerprint density at radius 1 is 1.04 bits per heavy atom. The normalized spacial score (nSPS) is 13.0. The van der Waals surface area contributed by atoms with Gasteiger partial charge in [0.05, 0.1) is 5.88 Å². The fourth-order valence-electron chi connectivity index (χ4n) is 2.17. The first-order chi connectivity index (χ1) is 11.1. The van der Waals surface area contributed by atoms with Gasteiger partial charge in [0.2, 0.25) is 0 Å². The lowest BCUT2D eigenvalue weighted by Crippen LogP contribution is -2.50. The van der Waals surface area contributed by atoms with Gasteiger partial charge in [-0.3, -0.25) is 4.79 Å². The third kappa shape index (κ3) is 4.33. The fourth-order valence-corrected chi connectivity index (χ4v) is 2.44. The Bertz CT molecular complexity index is 660. The standard InChI is InChI=1S/C18H18ClNO3/c1-18(16(21)12-19,15-10-6-3-7-11-15)20-17(22)23-13-14-8-4-2-5-9-14/h2-11H,12-13H2,1H3,(H,20,22). The molecule has 2 aromatic rings. The molecule has 0 saturated heterocycles. The highest BCUT2D eigenvalue weighted by Gasteiger charge is 2.36. The molecule has 0 aliphatic carbocycles. The maximum atomic E-state index is 12.2. The Hall–Kier alpha value is -2.33. The van der Waals surface area contributed by atoms with E-state index in [-0.39, 0.29) is 18.3 Å². The molecule has 23 heavy (non-hydrogen) atoms. The third-order valence-corrected chi connectivity index (χ3v) is 3.84. The molecule has 120 valence electrons.